The van der Waals surface area contributed by atoms with Crippen molar-refractivity contribution in [3.05, 3.63) is 27.3 Å². The van der Waals surface area contributed by atoms with E-state index >= 15 is 0 Å². The first kappa shape index (κ1) is 12.4. The molecule has 0 spiro atoms. The molecule has 0 saturated carbocycles. The third kappa shape index (κ3) is 2.67. The number of hydrogen-bond acceptors (Lipinski definition) is 4. The lowest BCUT2D eigenvalue weighted by molar-refractivity contribution is 0.101. The molecule has 0 aliphatic rings. The Labute approximate surface area is 97.4 Å². The number of carbonyl (C=O) groups is 1. The molecule has 82 valence electrons. The summed E-state index contributed by atoms with van der Waals surface area (Å²) < 4.78 is 33.3. The van der Waals surface area contributed by atoms with E-state index < -0.39 is 31.2 Å². The lowest BCUT2D eigenvalue weighted by Gasteiger charge is -2.04. The van der Waals surface area contributed by atoms with Crippen LogP contribution in [-0.4, -0.2) is 14.2 Å². The minimum atomic E-state index is -3.93. The minimum Gasteiger partial charge on any atom is -0.294 e. The van der Waals surface area contributed by atoms with Crippen molar-refractivity contribution < 1.29 is 16.3 Å². The molecule has 0 atom stereocenters. The van der Waals surface area contributed by atoms with Crippen molar-refractivity contribution in [1.29, 1.82) is 0 Å². The summed E-state index contributed by atoms with van der Waals surface area (Å²) in [6.07, 6.45) is 0. The van der Waals surface area contributed by atoms with Gasteiger partial charge in [0.15, 0.2) is 27.0 Å². The van der Waals surface area contributed by atoms with Gasteiger partial charge in [-0.1, -0.05) is 12.1 Å². The highest BCUT2D eigenvalue weighted by atomic mass is 127. The number of rotatable bonds is 3. The molecule has 0 aromatic heterocycles. The van der Waals surface area contributed by atoms with Crippen LogP contribution >= 0.6 is 21.2 Å². The van der Waals surface area contributed by atoms with E-state index in [-0.39, 0.29) is 19.8 Å². The Balaban J connectivity index is 3.63. The molecule has 7 heteroatoms. The van der Waals surface area contributed by atoms with Gasteiger partial charge in [-0.3, -0.25) is 7.86 Å². The lowest BCUT2D eigenvalue weighted by Crippen LogP contribution is -2.15. The maximum Gasteiger partial charge on any atom is 0.239 e. The third-order valence-corrected chi connectivity index (χ3v) is 4.65. The highest BCUT2D eigenvalue weighted by Crippen LogP contribution is 2.24. The van der Waals surface area contributed by atoms with E-state index in [4.69, 9.17) is 5.14 Å². The van der Waals surface area contributed by atoms with Crippen molar-refractivity contribution in [2.75, 3.05) is 0 Å². The number of benzene rings is 1. The molecule has 5 nitrogen and oxygen atoms in total. The number of ketones is 1. The quantitative estimate of drug-likeness (QED) is 0.656. The highest BCUT2D eigenvalue weighted by molar-refractivity contribution is 14.1. The zero-order valence-corrected chi connectivity index (χ0v) is 10.7. The summed E-state index contributed by atoms with van der Waals surface area (Å²) in [4.78, 5) is 10.9. The van der Waals surface area contributed by atoms with Gasteiger partial charge < -0.3 is 0 Å². The van der Waals surface area contributed by atoms with E-state index in [1.54, 1.807) is 0 Å². The van der Waals surface area contributed by atoms with Crippen molar-refractivity contribution in [3.63, 3.8) is 0 Å². The second-order valence-electron chi connectivity index (χ2n) is 2.80. The van der Waals surface area contributed by atoms with Crippen LogP contribution in [0.15, 0.2) is 23.1 Å². The fraction of sp³-hybridized carbons (Fsp3) is 0.125. The highest BCUT2D eigenvalue weighted by Gasteiger charge is 2.19. The fourth-order valence-corrected chi connectivity index (χ4v) is 4.04. The second kappa shape index (κ2) is 4.45. The van der Waals surface area contributed by atoms with Gasteiger partial charge in [0.25, 0.3) is 0 Å². The molecule has 0 unspecified atom stereocenters. The second-order valence-corrected chi connectivity index (χ2v) is 5.85. The first-order valence-electron chi connectivity index (χ1n) is 3.81. The molecule has 0 aliphatic carbocycles. The number of nitrogens with two attached hydrogens (primary N) is 1. The summed E-state index contributed by atoms with van der Waals surface area (Å²) in [5.41, 5.74) is 0.157. The average Bonchev–Trinajstić information content (AvgIpc) is 2.15. The zero-order valence-electron chi connectivity index (χ0n) is 7.73. The number of primary sulfonamides is 1. The van der Waals surface area contributed by atoms with Crippen LogP contribution in [0.2, 0.25) is 0 Å². The van der Waals surface area contributed by atoms with Crippen molar-refractivity contribution in [2.24, 2.45) is 5.14 Å². The van der Waals surface area contributed by atoms with E-state index in [9.17, 15) is 16.3 Å². The Bertz CT molecular complexity index is 523. The summed E-state index contributed by atoms with van der Waals surface area (Å²) in [6, 6.07) is 4.08. The van der Waals surface area contributed by atoms with Crippen LogP contribution < -0.4 is 5.14 Å². The van der Waals surface area contributed by atoms with E-state index in [0.29, 0.717) is 0 Å². The maximum absolute atomic E-state index is 11.1. The van der Waals surface area contributed by atoms with E-state index in [1.807, 2.05) is 0 Å². The van der Waals surface area contributed by atoms with Crippen LogP contribution in [0, 0.1) is 3.57 Å². The van der Waals surface area contributed by atoms with Crippen molar-refractivity contribution >= 4 is 37.0 Å². The van der Waals surface area contributed by atoms with Gasteiger partial charge in [-0.2, -0.15) is 0 Å². The van der Waals surface area contributed by atoms with E-state index in [2.05, 4.69) is 0 Å². The summed E-state index contributed by atoms with van der Waals surface area (Å²) in [7, 11) is -3.93. The summed E-state index contributed by atoms with van der Waals surface area (Å²) >= 11 is -1.76. The number of halogens is 1. The van der Waals surface area contributed by atoms with Crippen molar-refractivity contribution in [2.45, 2.75) is 11.8 Å². The predicted octanol–water partition coefficient (Wildman–Crippen LogP) is 1.02. The number of sulfonamides is 1. The molecule has 0 saturated heterocycles. The first-order valence-corrected chi connectivity index (χ1v) is 7.32. The smallest absolute Gasteiger partial charge is 0.239 e. The molecular formula is C8H8INO4S. The van der Waals surface area contributed by atoms with Crippen LogP contribution in [-0.2, 0) is 13.1 Å². The maximum atomic E-state index is 11.1. The van der Waals surface area contributed by atoms with Crippen LogP contribution in [0.3, 0.4) is 0 Å². The summed E-state index contributed by atoms with van der Waals surface area (Å²) in [5.74, 6) is -0.328. The van der Waals surface area contributed by atoms with Crippen molar-refractivity contribution in [3.8, 4) is 0 Å². The van der Waals surface area contributed by atoms with Crippen LogP contribution in [0.1, 0.15) is 17.3 Å². The molecule has 0 fully saturated rings. The molecule has 15 heavy (non-hydrogen) atoms. The molecule has 0 amide bonds. The molecule has 0 radical (unpaired) electrons. The number of carbonyl (C=O) groups excluding carboxylic acids is 1. The Morgan fingerprint density at radius 3 is 2.40 bits per heavy atom. The SMILES string of the molecule is CC(=O)c1cccc(S(N)(=O)=O)c1I=O. The molecular weight excluding hydrogens is 333 g/mol. The first-order chi connectivity index (χ1) is 6.88. The standard InChI is InChI=1S/C8H8INO4S/c1-5(11)6-3-2-4-7(8(6)9-12)15(10,13)14/h2-4H,1H3,(H2,10,13,14). The van der Waals surface area contributed by atoms with Gasteiger partial charge in [-0.15, -0.1) is 0 Å². The van der Waals surface area contributed by atoms with Gasteiger partial charge in [0, 0.05) is 5.56 Å². The van der Waals surface area contributed by atoms with Gasteiger partial charge in [0.2, 0.25) is 10.0 Å². The summed E-state index contributed by atoms with van der Waals surface area (Å²) in [5, 5.41) is 4.94. The van der Waals surface area contributed by atoms with Crippen molar-refractivity contribution in [1.82, 2.24) is 0 Å². The lowest BCUT2D eigenvalue weighted by atomic mass is 10.2. The van der Waals surface area contributed by atoms with Gasteiger partial charge >= 0.3 is 0 Å². The molecule has 0 heterocycles. The molecule has 1 rings (SSSR count). The topological polar surface area (TPSA) is 94.3 Å². The Morgan fingerprint density at radius 2 is 2.00 bits per heavy atom. The third-order valence-electron chi connectivity index (χ3n) is 1.73. The molecule has 2 N–H and O–H groups in total. The molecule has 0 aliphatic heterocycles. The molecule has 1 aromatic carbocycles. The van der Waals surface area contributed by atoms with E-state index in [1.165, 1.54) is 25.1 Å². The normalized spacial score (nSPS) is 11.3. The Kier molecular flexibility index (Phi) is 3.68. The largest absolute Gasteiger partial charge is 0.294 e. The molecule has 0 bridgehead atoms. The van der Waals surface area contributed by atoms with Crippen LogP contribution in [0.5, 0.6) is 0 Å². The average molecular weight is 341 g/mol. The van der Waals surface area contributed by atoms with Crippen LogP contribution in [0.4, 0.5) is 0 Å². The number of Topliss-reactive ketones (excluding diaryl/α,β-unsaturated/α-hetero) is 1. The van der Waals surface area contributed by atoms with Gasteiger partial charge in [-0.05, 0) is 13.0 Å². The Hall–Kier alpha value is -0.670. The van der Waals surface area contributed by atoms with E-state index in [0.717, 1.165) is 0 Å². The minimum absolute atomic E-state index is 0.0475. The Morgan fingerprint density at radius 1 is 1.40 bits per heavy atom. The number of hydrogen-bond donors (Lipinski definition) is 1. The van der Waals surface area contributed by atoms with Gasteiger partial charge in [0.1, 0.15) is 0 Å². The van der Waals surface area contributed by atoms with Gasteiger partial charge in [-0.25, -0.2) is 13.6 Å². The summed E-state index contributed by atoms with van der Waals surface area (Å²) in [6.45, 7) is 1.28. The fourth-order valence-electron chi connectivity index (χ4n) is 1.08. The van der Waals surface area contributed by atoms with Gasteiger partial charge in [0.05, 0.1) is 8.47 Å². The van der Waals surface area contributed by atoms with Crippen LogP contribution in [0.25, 0.3) is 0 Å². The molecule has 1 aromatic rings. The monoisotopic (exact) mass is 341 g/mol. The zero-order chi connectivity index (χ0) is 11.6. The predicted molar refractivity (Wildman–Crippen MR) is 61.2 cm³/mol.